The van der Waals surface area contributed by atoms with Crippen LogP contribution in [0.1, 0.15) is 12.8 Å². The van der Waals surface area contributed by atoms with E-state index in [0.717, 1.165) is 8.97 Å². The van der Waals surface area contributed by atoms with Crippen LogP contribution in [-0.4, -0.2) is 75.8 Å². The molecule has 0 aromatic heterocycles. The molecule has 142 valence electrons. The van der Waals surface area contributed by atoms with Crippen LogP contribution in [0.4, 0.5) is 0 Å². The summed E-state index contributed by atoms with van der Waals surface area (Å²) >= 11 is 3.96. The van der Waals surface area contributed by atoms with Crippen molar-refractivity contribution < 1.29 is 56.9 Å². The summed E-state index contributed by atoms with van der Waals surface area (Å²) in [7, 11) is 13.6. The van der Waals surface area contributed by atoms with Gasteiger partial charge in [0.15, 0.2) is 0 Å². The first kappa shape index (κ1) is 27.5. The van der Waals surface area contributed by atoms with Crippen molar-refractivity contribution in [3.63, 3.8) is 0 Å². The molecule has 0 unspecified atom stereocenters. The first-order valence-electron chi connectivity index (χ1n) is 8.12. The molecule has 6 heteroatoms. The topological polar surface area (TPSA) is 0 Å². The van der Waals surface area contributed by atoms with Gasteiger partial charge in [0.1, 0.15) is 0 Å². The molecular formula is C18H34I2N2S2. The maximum absolute atomic E-state index is 2.28. The van der Waals surface area contributed by atoms with Crippen LogP contribution < -0.4 is 48.0 Å². The van der Waals surface area contributed by atoms with Gasteiger partial charge < -0.3 is 56.9 Å². The third-order valence-electron chi connectivity index (χ3n) is 3.31. The van der Waals surface area contributed by atoms with Gasteiger partial charge >= 0.3 is 0 Å². The van der Waals surface area contributed by atoms with Crippen molar-refractivity contribution in [2.24, 2.45) is 0 Å². The van der Waals surface area contributed by atoms with Crippen molar-refractivity contribution in [2.75, 3.05) is 66.9 Å². The first-order chi connectivity index (χ1) is 10.2. The fourth-order valence-electron chi connectivity index (χ4n) is 2.09. The lowest BCUT2D eigenvalue weighted by molar-refractivity contribution is -0.870. The van der Waals surface area contributed by atoms with Gasteiger partial charge in [-0.2, -0.15) is 0 Å². The molecule has 0 saturated heterocycles. The van der Waals surface area contributed by atoms with E-state index in [0.29, 0.717) is 0 Å². The average molecular weight is 596 g/mol. The second-order valence-electron chi connectivity index (χ2n) is 7.90. The van der Waals surface area contributed by atoms with E-state index >= 15 is 0 Å². The van der Waals surface area contributed by atoms with Crippen LogP contribution in [0, 0.1) is 0 Å². The molecule has 1 aromatic carbocycles. The summed E-state index contributed by atoms with van der Waals surface area (Å²) in [5.74, 6) is 2.43. The summed E-state index contributed by atoms with van der Waals surface area (Å²) in [4.78, 5) is 2.80. The standard InChI is InChI=1S/C18H34N2S2.2HI/c1-19(2,3)13-7-15-21-17-9-11-18(12-10-17)22-16-8-14-20(4,5)6;;/h9-12H,7-8,13-16H2,1-6H3;2*1H/q+2;;/p-2. The molecule has 0 radical (unpaired) electrons. The Morgan fingerprint density at radius 3 is 1.17 bits per heavy atom. The van der Waals surface area contributed by atoms with Crippen molar-refractivity contribution in [1.82, 2.24) is 0 Å². The normalized spacial score (nSPS) is 11.6. The summed E-state index contributed by atoms with van der Waals surface area (Å²) in [6.45, 7) is 2.49. The number of nitrogens with zero attached hydrogens (tertiary/aromatic N) is 2. The van der Waals surface area contributed by atoms with E-state index in [1.807, 2.05) is 23.5 Å². The van der Waals surface area contributed by atoms with E-state index in [1.54, 1.807) is 0 Å². The van der Waals surface area contributed by atoms with Crippen molar-refractivity contribution in [3.05, 3.63) is 24.3 Å². The van der Waals surface area contributed by atoms with Crippen LogP contribution in [0.2, 0.25) is 0 Å². The molecule has 0 saturated carbocycles. The quantitative estimate of drug-likeness (QED) is 0.134. The van der Waals surface area contributed by atoms with E-state index in [1.165, 1.54) is 47.2 Å². The van der Waals surface area contributed by atoms with Gasteiger partial charge in [-0.25, -0.2) is 0 Å². The van der Waals surface area contributed by atoms with Crippen LogP contribution in [0.5, 0.6) is 0 Å². The second-order valence-corrected chi connectivity index (χ2v) is 10.2. The predicted molar refractivity (Wildman–Crippen MR) is 103 cm³/mol. The summed E-state index contributed by atoms with van der Waals surface area (Å²) < 4.78 is 2.12. The minimum absolute atomic E-state index is 0. The zero-order valence-corrected chi connectivity index (χ0v) is 22.0. The number of hydrogen-bond donors (Lipinski definition) is 0. The number of thioether (sulfide) groups is 2. The summed E-state index contributed by atoms with van der Waals surface area (Å²) in [6, 6.07) is 9.11. The molecule has 1 aromatic rings. The highest BCUT2D eigenvalue weighted by Crippen LogP contribution is 2.24. The van der Waals surface area contributed by atoms with Crippen LogP contribution in [0.15, 0.2) is 34.1 Å². The molecule has 24 heavy (non-hydrogen) atoms. The lowest BCUT2D eigenvalue weighted by atomic mass is 10.4. The maximum atomic E-state index is 2.28. The van der Waals surface area contributed by atoms with Crippen molar-refractivity contribution in [3.8, 4) is 0 Å². The number of quaternary nitrogens is 2. The Labute approximate surface area is 192 Å². The third-order valence-corrected chi connectivity index (χ3v) is 5.50. The van der Waals surface area contributed by atoms with Crippen LogP contribution in [0.3, 0.4) is 0 Å². The van der Waals surface area contributed by atoms with Gasteiger partial charge in [-0.05, 0) is 24.3 Å². The van der Waals surface area contributed by atoms with Crippen LogP contribution in [0.25, 0.3) is 0 Å². The van der Waals surface area contributed by atoms with Crippen molar-refractivity contribution >= 4 is 23.5 Å². The molecule has 0 aliphatic heterocycles. The van der Waals surface area contributed by atoms with Crippen molar-refractivity contribution in [2.45, 2.75) is 22.6 Å². The summed E-state index contributed by atoms with van der Waals surface area (Å²) in [6.07, 6.45) is 2.55. The van der Waals surface area contributed by atoms with Gasteiger partial charge in [-0.15, -0.1) is 23.5 Å². The lowest BCUT2D eigenvalue weighted by Gasteiger charge is -2.23. The first-order valence-corrected chi connectivity index (χ1v) is 10.1. The highest BCUT2D eigenvalue weighted by molar-refractivity contribution is 7.99. The molecule has 1 rings (SSSR count). The monoisotopic (exact) mass is 596 g/mol. The Morgan fingerprint density at radius 2 is 0.917 bits per heavy atom. The molecule has 0 fully saturated rings. The minimum atomic E-state index is 0. The second kappa shape index (κ2) is 13.5. The highest BCUT2D eigenvalue weighted by atomic mass is 127. The predicted octanol–water partition coefficient (Wildman–Crippen LogP) is -1.93. The molecule has 0 aliphatic rings. The Balaban J connectivity index is 0. The van der Waals surface area contributed by atoms with Gasteiger partial charge in [0.25, 0.3) is 0 Å². The Bertz CT molecular complexity index is 385. The molecule has 2 nitrogen and oxygen atoms in total. The molecular weight excluding hydrogens is 562 g/mol. The average Bonchev–Trinajstić information content (AvgIpc) is 2.39. The lowest BCUT2D eigenvalue weighted by Crippen LogP contribution is -3.00. The smallest absolute Gasteiger partial charge is 0.0788 e. The molecule has 0 bridgehead atoms. The molecule has 0 N–H and O–H groups in total. The SMILES string of the molecule is C[N+](C)(C)CCCSc1ccc(SCCC[N+](C)(C)C)cc1.[I-].[I-]. The Morgan fingerprint density at radius 1 is 0.625 bits per heavy atom. The molecule has 0 spiro atoms. The van der Waals surface area contributed by atoms with Crippen LogP contribution in [-0.2, 0) is 0 Å². The maximum Gasteiger partial charge on any atom is 0.0788 e. The zero-order valence-electron chi connectivity index (χ0n) is 16.0. The minimum Gasteiger partial charge on any atom is -1.00 e. The Hall–Kier alpha value is 1.30. The summed E-state index contributed by atoms with van der Waals surface area (Å²) in [5.41, 5.74) is 0. The highest BCUT2D eigenvalue weighted by Gasteiger charge is 2.07. The zero-order chi connectivity index (χ0) is 16.6. The van der Waals surface area contributed by atoms with Gasteiger partial charge in [0.2, 0.25) is 0 Å². The van der Waals surface area contributed by atoms with Crippen molar-refractivity contribution in [1.29, 1.82) is 0 Å². The van der Waals surface area contributed by atoms with E-state index in [9.17, 15) is 0 Å². The number of halogens is 2. The number of rotatable bonds is 10. The van der Waals surface area contributed by atoms with Crippen LogP contribution >= 0.6 is 23.5 Å². The number of benzene rings is 1. The van der Waals surface area contributed by atoms with Gasteiger partial charge in [0, 0.05) is 34.1 Å². The number of hydrogen-bond acceptors (Lipinski definition) is 2. The van der Waals surface area contributed by atoms with Gasteiger partial charge in [-0.1, -0.05) is 0 Å². The molecule has 0 amide bonds. The van der Waals surface area contributed by atoms with E-state index < -0.39 is 0 Å². The van der Waals surface area contributed by atoms with Gasteiger partial charge in [-0.3, -0.25) is 0 Å². The molecule has 0 aliphatic carbocycles. The van der Waals surface area contributed by atoms with E-state index in [2.05, 4.69) is 66.6 Å². The molecule has 0 atom stereocenters. The molecule has 0 heterocycles. The fraction of sp³-hybridized carbons (Fsp3) is 0.667. The Kier molecular flexibility index (Phi) is 15.4. The largest absolute Gasteiger partial charge is 1.00 e. The third kappa shape index (κ3) is 15.5. The van der Waals surface area contributed by atoms with E-state index in [-0.39, 0.29) is 48.0 Å². The summed E-state index contributed by atoms with van der Waals surface area (Å²) in [5, 5.41) is 0. The van der Waals surface area contributed by atoms with E-state index in [4.69, 9.17) is 0 Å². The van der Waals surface area contributed by atoms with Gasteiger partial charge in [0.05, 0.1) is 55.4 Å². The fourth-order valence-corrected chi connectivity index (χ4v) is 3.77.